The number of rotatable bonds is 4. The van der Waals surface area contributed by atoms with E-state index in [0.717, 1.165) is 9.17 Å². The molecule has 22 heavy (non-hydrogen) atoms. The van der Waals surface area contributed by atoms with Gasteiger partial charge in [0.15, 0.2) is 6.61 Å². The van der Waals surface area contributed by atoms with Gasteiger partial charge in [0.1, 0.15) is 5.69 Å². The third-order valence-corrected chi connectivity index (χ3v) is 4.65. The van der Waals surface area contributed by atoms with E-state index < -0.39 is 5.97 Å². The Labute approximate surface area is 138 Å². The molecule has 1 aromatic carbocycles. The molecule has 0 amide bonds. The minimum Gasteiger partial charge on any atom is -0.453 e. The first-order chi connectivity index (χ1) is 10.6. The van der Waals surface area contributed by atoms with Crippen LogP contribution in [-0.2, 0) is 4.74 Å². The SMILES string of the molecule is O=C(OCC(=O)c1ccc(Br)s1)c1ccc2ccccc2n1. The second-order valence-electron chi connectivity index (χ2n) is 4.49. The lowest BCUT2D eigenvalue weighted by Gasteiger charge is -2.04. The number of halogens is 1. The highest BCUT2D eigenvalue weighted by molar-refractivity contribution is 9.11. The molecule has 3 aromatic rings. The third kappa shape index (κ3) is 3.23. The zero-order chi connectivity index (χ0) is 15.5. The monoisotopic (exact) mass is 375 g/mol. The van der Waals surface area contributed by atoms with Crippen molar-refractivity contribution < 1.29 is 14.3 Å². The molecule has 4 nitrogen and oxygen atoms in total. The van der Waals surface area contributed by atoms with Gasteiger partial charge in [0.05, 0.1) is 14.2 Å². The minimum absolute atomic E-state index is 0.193. The van der Waals surface area contributed by atoms with Crippen LogP contribution in [0.2, 0.25) is 0 Å². The van der Waals surface area contributed by atoms with E-state index >= 15 is 0 Å². The van der Waals surface area contributed by atoms with Gasteiger partial charge in [-0.05, 0) is 40.2 Å². The summed E-state index contributed by atoms with van der Waals surface area (Å²) in [7, 11) is 0. The summed E-state index contributed by atoms with van der Waals surface area (Å²) in [5, 5.41) is 0.943. The molecule has 0 unspecified atom stereocenters. The summed E-state index contributed by atoms with van der Waals surface area (Å²) >= 11 is 4.59. The maximum absolute atomic E-state index is 12.0. The molecule has 0 radical (unpaired) electrons. The van der Waals surface area contributed by atoms with Crippen molar-refractivity contribution in [2.45, 2.75) is 0 Å². The maximum Gasteiger partial charge on any atom is 0.357 e. The molecule has 0 aliphatic heterocycles. The topological polar surface area (TPSA) is 56.3 Å². The Kier molecular flexibility index (Phi) is 4.31. The van der Waals surface area contributed by atoms with Crippen molar-refractivity contribution in [2.75, 3.05) is 6.61 Å². The fourth-order valence-electron chi connectivity index (χ4n) is 1.92. The summed E-state index contributed by atoms with van der Waals surface area (Å²) in [5.41, 5.74) is 0.907. The second kappa shape index (κ2) is 6.37. The summed E-state index contributed by atoms with van der Waals surface area (Å²) in [6.07, 6.45) is 0. The van der Waals surface area contributed by atoms with E-state index in [0.29, 0.717) is 10.4 Å². The molecule has 0 saturated heterocycles. The summed E-state index contributed by atoms with van der Waals surface area (Å²) in [5.74, 6) is -0.834. The van der Waals surface area contributed by atoms with Gasteiger partial charge in [-0.1, -0.05) is 24.3 Å². The van der Waals surface area contributed by atoms with Gasteiger partial charge in [0, 0.05) is 5.39 Å². The van der Waals surface area contributed by atoms with E-state index in [-0.39, 0.29) is 18.1 Å². The van der Waals surface area contributed by atoms with Crippen molar-refractivity contribution >= 4 is 49.9 Å². The van der Waals surface area contributed by atoms with E-state index in [4.69, 9.17) is 4.74 Å². The van der Waals surface area contributed by atoms with Gasteiger partial charge in [0.25, 0.3) is 0 Å². The molecule has 0 bridgehead atoms. The number of thiophene rings is 1. The predicted octanol–water partition coefficient (Wildman–Crippen LogP) is 4.10. The average Bonchev–Trinajstić information content (AvgIpc) is 2.98. The van der Waals surface area contributed by atoms with Gasteiger partial charge < -0.3 is 4.74 Å². The molecule has 0 fully saturated rings. The number of ether oxygens (including phenoxy) is 1. The Bertz CT molecular complexity index is 859. The third-order valence-electron chi connectivity index (χ3n) is 2.99. The highest BCUT2D eigenvalue weighted by Crippen LogP contribution is 2.22. The number of carbonyl (C=O) groups is 2. The number of fused-ring (bicyclic) bond motifs is 1. The standard InChI is InChI=1S/C16H10BrNO3S/c17-15-8-7-14(22-15)13(19)9-21-16(20)12-6-5-10-3-1-2-4-11(10)18-12/h1-8H,9H2. The Morgan fingerprint density at radius 3 is 2.68 bits per heavy atom. The largest absolute Gasteiger partial charge is 0.453 e. The molecule has 2 heterocycles. The van der Waals surface area contributed by atoms with Crippen LogP contribution in [0.4, 0.5) is 0 Å². The van der Waals surface area contributed by atoms with E-state index in [2.05, 4.69) is 20.9 Å². The number of hydrogen-bond donors (Lipinski definition) is 0. The number of carbonyl (C=O) groups excluding carboxylic acids is 2. The van der Waals surface area contributed by atoms with Crippen LogP contribution < -0.4 is 0 Å². The second-order valence-corrected chi connectivity index (χ2v) is 6.96. The highest BCUT2D eigenvalue weighted by atomic mass is 79.9. The first-order valence-electron chi connectivity index (χ1n) is 6.45. The van der Waals surface area contributed by atoms with Crippen molar-refractivity contribution in [2.24, 2.45) is 0 Å². The lowest BCUT2D eigenvalue weighted by atomic mass is 10.2. The first kappa shape index (κ1) is 14.9. The molecular formula is C16H10BrNO3S. The number of esters is 1. The fraction of sp³-hybridized carbons (Fsp3) is 0.0625. The molecule has 110 valence electrons. The molecule has 0 spiro atoms. The van der Waals surface area contributed by atoms with E-state index in [1.165, 1.54) is 11.3 Å². The molecule has 0 aliphatic carbocycles. The van der Waals surface area contributed by atoms with E-state index in [9.17, 15) is 9.59 Å². The Morgan fingerprint density at radius 2 is 1.91 bits per heavy atom. The predicted molar refractivity (Wildman–Crippen MR) is 88.4 cm³/mol. The maximum atomic E-state index is 12.0. The van der Waals surface area contributed by atoms with Gasteiger partial charge in [-0.25, -0.2) is 9.78 Å². The van der Waals surface area contributed by atoms with Crippen LogP contribution in [0.5, 0.6) is 0 Å². The van der Waals surface area contributed by atoms with Crippen LogP contribution in [0.25, 0.3) is 10.9 Å². The number of nitrogens with zero attached hydrogens (tertiary/aromatic N) is 1. The Morgan fingerprint density at radius 1 is 1.09 bits per heavy atom. The zero-order valence-electron chi connectivity index (χ0n) is 11.3. The van der Waals surface area contributed by atoms with Gasteiger partial charge in [-0.3, -0.25) is 4.79 Å². The lowest BCUT2D eigenvalue weighted by molar-refractivity contribution is 0.0470. The van der Waals surface area contributed by atoms with Crippen molar-refractivity contribution in [3.8, 4) is 0 Å². The summed E-state index contributed by atoms with van der Waals surface area (Å²) in [6.45, 7) is -0.291. The van der Waals surface area contributed by atoms with Gasteiger partial charge in [-0.2, -0.15) is 0 Å². The van der Waals surface area contributed by atoms with Crippen molar-refractivity contribution in [1.29, 1.82) is 0 Å². The van der Waals surface area contributed by atoms with Crippen LogP contribution in [0.15, 0.2) is 52.3 Å². The van der Waals surface area contributed by atoms with Crippen LogP contribution in [0, 0.1) is 0 Å². The number of ketones is 1. The summed E-state index contributed by atoms with van der Waals surface area (Å²) in [6, 6.07) is 14.4. The quantitative estimate of drug-likeness (QED) is 0.508. The smallest absolute Gasteiger partial charge is 0.357 e. The van der Waals surface area contributed by atoms with Crippen molar-refractivity contribution in [3.05, 3.63) is 62.9 Å². The van der Waals surface area contributed by atoms with Gasteiger partial charge in [-0.15, -0.1) is 11.3 Å². The first-order valence-corrected chi connectivity index (χ1v) is 8.06. The molecular weight excluding hydrogens is 366 g/mol. The van der Waals surface area contributed by atoms with Gasteiger partial charge >= 0.3 is 5.97 Å². The van der Waals surface area contributed by atoms with Gasteiger partial charge in [0.2, 0.25) is 5.78 Å². The van der Waals surface area contributed by atoms with E-state index in [1.807, 2.05) is 24.3 Å². The average molecular weight is 376 g/mol. The van der Waals surface area contributed by atoms with Crippen LogP contribution >= 0.6 is 27.3 Å². The minimum atomic E-state index is -0.602. The fourth-order valence-corrected chi connectivity index (χ4v) is 3.23. The Hall–Kier alpha value is -2.05. The molecule has 0 aliphatic rings. The number of hydrogen-bond acceptors (Lipinski definition) is 5. The molecule has 3 rings (SSSR count). The molecule has 2 aromatic heterocycles. The molecule has 0 saturated carbocycles. The highest BCUT2D eigenvalue weighted by Gasteiger charge is 2.14. The van der Waals surface area contributed by atoms with Crippen molar-refractivity contribution in [3.63, 3.8) is 0 Å². The van der Waals surface area contributed by atoms with Crippen molar-refractivity contribution in [1.82, 2.24) is 4.98 Å². The summed E-state index contributed by atoms with van der Waals surface area (Å²) in [4.78, 5) is 28.7. The molecule has 0 N–H and O–H groups in total. The van der Waals surface area contributed by atoms with Crippen LogP contribution in [-0.4, -0.2) is 23.3 Å². The number of benzene rings is 1. The molecule has 6 heteroatoms. The Balaban J connectivity index is 1.69. The van der Waals surface area contributed by atoms with Crippen LogP contribution in [0.1, 0.15) is 20.2 Å². The number of Topliss-reactive ketones (excluding diaryl/α,β-unsaturated/α-hetero) is 1. The number of aromatic nitrogens is 1. The van der Waals surface area contributed by atoms with Crippen LogP contribution in [0.3, 0.4) is 0 Å². The van der Waals surface area contributed by atoms with E-state index in [1.54, 1.807) is 24.3 Å². The lowest BCUT2D eigenvalue weighted by Crippen LogP contribution is -2.14. The molecule has 0 atom stereocenters. The number of pyridine rings is 1. The normalized spacial score (nSPS) is 10.6. The zero-order valence-corrected chi connectivity index (χ0v) is 13.7. The number of para-hydroxylation sites is 1. The summed E-state index contributed by atoms with van der Waals surface area (Å²) < 4.78 is 5.90.